The molecular formula is C15H22O5. The van der Waals surface area contributed by atoms with Crippen LogP contribution in [0.2, 0.25) is 0 Å². The molecule has 2 aliphatic rings. The largest absolute Gasteiger partial charge is 0.487 e. The van der Waals surface area contributed by atoms with Gasteiger partial charge in [0.1, 0.15) is 6.10 Å². The number of methoxy groups -OCH3 is 1. The Hall–Kier alpha value is -1.49. The van der Waals surface area contributed by atoms with Crippen molar-refractivity contribution in [1.82, 2.24) is 0 Å². The van der Waals surface area contributed by atoms with Gasteiger partial charge in [0.2, 0.25) is 11.5 Å². The molecule has 0 aromatic carbocycles. The fourth-order valence-electron chi connectivity index (χ4n) is 2.16. The van der Waals surface area contributed by atoms with Crippen LogP contribution in [0.25, 0.3) is 0 Å². The van der Waals surface area contributed by atoms with E-state index in [9.17, 15) is 4.79 Å². The van der Waals surface area contributed by atoms with Crippen LogP contribution in [0.3, 0.4) is 0 Å². The smallest absolute Gasteiger partial charge is 0.378 e. The predicted octanol–water partition coefficient (Wildman–Crippen LogP) is 2.52. The summed E-state index contributed by atoms with van der Waals surface area (Å²) in [7, 11) is 1.43. The van der Waals surface area contributed by atoms with E-state index in [0.29, 0.717) is 5.76 Å². The first-order valence-electron chi connectivity index (χ1n) is 6.68. The standard InChI is InChI=1S/C15H22O5/c1-14(2,3)8-7-9-10-11(20-15(4,5)19-9)12(17-6)13(16)18-10/h7-10H,1-6H3/t9-,10-/m1/s1. The Balaban J connectivity index is 2.33. The second kappa shape index (κ2) is 4.81. The summed E-state index contributed by atoms with van der Waals surface area (Å²) in [5.74, 6) is -0.808. The molecule has 2 aliphatic heterocycles. The van der Waals surface area contributed by atoms with Crippen molar-refractivity contribution in [3.8, 4) is 0 Å². The third-order valence-electron chi connectivity index (χ3n) is 2.97. The Morgan fingerprint density at radius 3 is 2.50 bits per heavy atom. The fraction of sp³-hybridized carbons (Fsp3) is 0.667. The van der Waals surface area contributed by atoms with Crippen molar-refractivity contribution in [2.45, 2.75) is 52.6 Å². The van der Waals surface area contributed by atoms with Crippen LogP contribution in [-0.2, 0) is 23.7 Å². The van der Waals surface area contributed by atoms with Crippen LogP contribution in [0.15, 0.2) is 23.7 Å². The van der Waals surface area contributed by atoms with Gasteiger partial charge < -0.3 is 18.9 Å². The third kappa shape index (κ3) is 2.98. The molecule has 0 aromatic rings. The Labute approximate surface area is 119 Å². The SMILES string of the molecule is COC1=C2OC(C)(C)O[C@H](C=CC(C)(C)C)[C@H]2OC1=O. The number of ether oxygens (including phenoxy) is 4. The highest BCUT2D eigenvalue weighted by Crippen LogP contribution is 2.38. The number of esters is 1. The van der Waals surface area contributed by atoms with E-state index in [-0.39, 0.29) is 17.3 Å². The van der Waals surface area contributed by atoms with E-state index in [2.05, 4.69) is 20.8 Å². The Morgan fingerprint density at radius 2 is 1.95 bits per heavy atom. The van der Waals surface area contributed by atoms with Gasteiger partial charge in [-0.15, -0.1) is 0 Å². The van der Waals surface area contributed by atoms with Gasteiger partial charge in [-0.1, -0.05) is 32.9 Å². The van der Waals surface area contributed by atoms with E-state index in [4.69, 9.17) is 18.9 Å². The molecule has 0 bridgehead atoms. The monoisotopic (exact) mass is 282 g/mol. The number of allylic oxidation sites excluding steroid dienone is 1. The predicted molar refractivity (Wildman–Crippen MR) is 72.5 cm³/mol. The molecule has 1 saturated heterocycles. The molecule has 2 atom stereocenters. The van der Waals surface area contributed by atoms with Crippen LogP contribution in [-0.4, -0.2) is 31.1 Å². The van der Waals surface area contributed by atoms with Crippen molar-refractivity contribution in [3.63, 3.8) is 0 Å². The normalized spacial score (nSPS) is 29.2. The van der Waals surface area contributed by atoms with Crippen molar-refractivity contribution in [2.75, 3.05) is 7.11 Å². The van der Waals surface area contributed by atoms with Gasteiger partial charge >= 0.3 is 5.97 Å². The molecule has 0 saturated carbocycles. The first-order chi connectivity index (χ1) is 9.13. The zero-order valence-corrected chi connectivity index (χ0v) is 12.9. The van der Waals surface area contributed by atoms with Gasteiger partial charge in [-0.05, 0) is 5.41 Å². The maximum Gasteiger partial charge on any atom is 0.378 e. The van der Waals surface area contributed by atoms with E-state index in [0.717, 1.165) is 0 Å². The Kier molecular flexibility index (Phi) is 3.58. The molecule has 2 rings (SSSR count). The molecule has 5 heteroatoms. The molecule has 0 radical (unpaired) electrons. The number of fused-ring (bicyclic) bond motifs is 1. The summed E-state index contributed by atoms with van der Waals surface area (Å²) in [6.45, 7) is 9.86. The van der Waals surface area contributed by atoms with Crippen molar-refractivity contribution >= 4 is 5.97 Å². The molecular weight excluding hydrogens is 260 g/mol. The van der Waals surface area contributed by atoms with Crippen LogP contribution in [0.5, 0.6) is 0 Å². The number of rotatable bonds is 2. The van der Waals surface area contributed by atoms with Crippen LogP contribution < -0.4 is 0 Å². The van der Waals surface area contributed by atoms with Crippen molar-refractivity contribution in [3.05, 3.63) is 23.7 Å². The van der Waals surface area contributed by atoms with Gasteiger partial charge in [-0.2, -0.15) is 0 Å². The van der Waals surface area contributed by atoms with Gasteiger partial charge in [0, 0.05) is 13.8 Å². The highest BCUT2D eigenvalue weighted by atomic mass is 16.7. The highest BCUT2D eigenvalue weighted by Gasteiger charge is 2.49. The minimum Gasteiger partial charge on any atom is -0.487 e. The van der Waals surface area contributed by atoms with E-state index in [1.54, 1.807) is 13.8 Å². The first kappa shape index (κ1) is 14.9. The first-order valence-corrected chi connectivity index (χ1v) is 6.68. The lowest BCUT2D eigenvalue weighted by Gasteiger charge is -2.39. The molecule has 20 heavy (non-hydrogen) atoms. The molecule has 1 fully saturated rings. The lowest BCUT2D eigenvalue weighted by molar-refractivity contribution is -0.262. The van der Waals surface area contributed by atoms with Crippen LogP contribution in [0, 0.1) is 5.41 Å². The molecule has 0 aromatic heterocycles. The summed E-state index contributed by atoms with van der Waals surface area (Å²) in [6.07, 6.45) is 2.99. The number of hydrogen-bond donors (Lipinski definition) is 0. The quantitative estimate of drug-likeness (QED) is 0.575. The number of hydrogen-bond acceptors (Lipinski definition) is 5. The highest BCUT2D eigenvalue weighted by molar-refractivity contribution is 5.89. The summed E-state index contributed by atoms with van der Waals surface area (Å²) in [5, 5.41) is 0. The molecule has 112 valence electrons. The topological polar surface area (TPSA) is 54.0 Å². The van der Waals surface area contributed by atoms with E-state index < -0.39 is 17.9 Å². The number of carbonyl (C=O) groups is 1. The average Bonchev–Trinajstić information content (AvgIpc) is 2.59. The lowest BCUT2D eigenvalue weighted by Crippen LogP contribution is -2.46. The summed E-state index contributed by atoms with van der Waals surface area (Å²) >= 11 is 0. The van der Waals surface area contributed by atoms with Crippen LogP contribution >= 0.6 is 0 Å². The summed E-state index contributed by atoms with van der Waals surface area (Å²) < 4.78 is 21.9. The second-order valence-electron chi connectivity index (χ2n) is 6.53. The average molecular weight is 282 g/mol. The van der Waals surface area contributed by atoms with E-state index in [1.807, 2.05) is 12.2 Å². The summed E-state index contributed by atoms with van der Waals surface area (Å²) in [5.41, 5.74) is 0.0163. The van der Waals surface area contributed by atoms with Gasteiger partial charge in [0.15, 0.2) is 11.9 Å². The van der Waals surface area contributed by atoms with Crippen LogP contribution in [0.1, 0.15) is 34.6 Å². The van der Waals surface area contributed by atoms with Gasteiger partial charge in [-0.25, -0.2) is 4.79 Å². The molecule has 0 spiro atoms. The molecule has 0 amide bonds. The molecule has 0 aliphatic carbocycles. The minimum atomic E-state index is -0.837. The minimum absolute atomic E-state index is 0.0163. The van der Waals surface area contributed by atoms with Crippen molar-refractivity contribution in [2.24, 2.45) is 5.41 Å². The van der Waals surface area contributed by atoms with Crippen molar-refractivity contribution < 1.29 is 23.7 Å². The summed E-state index contributed by atoms with van der Waals surface area (Å²) in [4.78, 5) is 11.8. The zero-order valence-electron chi connectivity index (χ0n) is 12.9. The van der Waals surface area contributed by atoms with Crippen LogP contribution in [0.4, 0.5) is 0 Å². The Morgan fingerprint density at radius 1 is 1.30 bits per heavy atom. The van der Waals surface area contributed by atoms with Gasteiger partial charge in [0.05, 0.1) is 7.11 Å². The summed E-state index contributed by atoms with van der Waals surface area (Å²) in [6, 6.07) is 0. The fourth-order valence-corrected chi connectivity index (χ4v) is 2.16. The molecule has 2 heterocycles. The van der Waals surface area contributed by atoms with E-state index in [1.165, 1.54) is 7.11 Å². The van der Waals surface area contributed by atoms with Gasteiger partial charge in [-0.3, -0.25) is 0 Å². The molecule has 5 nitrogen and oxygen atoms in total. The third-order valence-corrected chi connectivity index (χ3v) is 2.97. The van der Waals surface area contributed by atoms with Gasteiger partial charge in [0.25, 0.3) is 0 Å². The van der Waals surface area contributed by atoms with Crippen molar-refractivity contribution in [1.29, 1.82) is 0 Å². The zero-order chi connectivity index (χ0) is 15.1. The lowest BCUT2D eigenvalue weighted by atomic mass is 9.94. The number of carbonyl (C=O) groups excluding carboxylic acids is 1. The van der Waals surface area contributed by atoms with E-state index >= 15 is 0 Å². The maximum atomic E-state index is 11.8. The molecule has 0 unspecified atom stereocenters. The Bertz CT molecular complexity index is 467. The maximum absolute atomic E-state index is 11.8. The molecule has 0 N–H and O–H groups in total. The second-order valence-corrected chi connectivity index (χ2v) is 6.53.